The zero-order chi connectivity index (χ0) is 14.4. The highest BCUT2D eigenvalue weighted by Crippen LogP contribution is 2.60. The standard InChI is InChI=1S/C19H17ClO/c20-16-8-4-2-6-13(16)11-17(21)19-15-10-9-12-5-1-3-7-14(12)18(15)19/h1-8,15,18-19H,9-11H2. The molecule has 1 saturated carbocycles. The van der Waals surface area contributed by atoms with Gasteiger partial charge in [0, 0.05) is 17.4 Å². The third kappa shape index (κ3) is 2.20. The molecular formula is C19H17ClO. The van der Waals surface area contributed by atoms with E-state index >= 15 is 0 Å². The molecule has 0 N–H and O–H groups in total. The Morgan fingerprint density at radius 3 is 2.71 bits per heavy atom. The number of halogens is 1. The summed E-state index contributed by atoms with van der Waals surface area (Å²) in [6.45, 7) is 0. The van der Waals surface area contributed by atoms with Gasteiger partial charge in [-0.25, -0.2) is 0 Å². The molecule has 3 unspecified atom stereocenters. The van der Waals surface area contributed by atoms with Crippen molar-refractivity contribution in [3.05, 3.63) is 70.2 Å². The SMILES string of the molecule is O=C(Cc1ccccc1Cl)C1C2CCc3ccccc3C21. The van der Waals surface area contributed by atoms with E-state index in [1.807, 2.05) is 24.3 Å². The molecule has 1 nitrogen and oxygen atoms in total. The molecule has 0 spiro atoms. The van der Waals surface area contributed by atoms with Crippen LogP contribution in [0.5, 0.6) is 0 Å². The van der Waals surface area contributed by atoms with Crippen molar-refractivity contribution in [3.8, 4) is 0 Å². The number of hydrogen-bond donors (Lipinski definition) is 0. The normalized spacial score (nSPS) is 25.9. The summed E-state index contributed by atoms with van der Waals surface area (Å²) in [7, 11) is 0. The second-order valence-electron chi connectivity index (χ2n) is 6.19. The predicted octanol–water partition coefficient (Wildman–Crippen LogP) is 4.43. The van der Waals surface area contributed by atoms with Crippen molar-refractivity contribution in [1.82, 2.24) is 0 Å². The number of rotatable bonds is 3. The van der Waals surface area contributed by atoms with Crippen LogP contribution in [0, 0.1) is 11.8 Å². The van der Waals surface area contributed by atoms with Gasteiger partial charge in [-0.2, -0.15) is 0 Å². The minimum absolute atomic E-state index is 0.213. The Morgan fingerprint density at radius 1 is 1.10 bits per heavy atom. The van der Waals surface area contributed by atoms with E-state index in [-0.39, 0.29) is 5.92 Å². The Hall–Kier alpha value is -1.60. The monoisotopic (exact) mass is 296 g/mol. The zero-order valence-corrected chi connectivity index (χ0v) is 12.5. The van der Waals surface area contributed by atoms with Crippen molar-refractivity contribution < 1.29 is 4.79 Å². The molecule has 0 bridgehead atoms. The molecule has 0 aliphatic heterocycles. The number of aryl methyl sites for hydroxylation is 1. The molecule has 0 amide bonds. The first kappa shape index (κ1) is 13.1. The fraction of sp³-hybridized carbons (Fsp3) is 0.316. The zero-order valence-electron chi connectivity index (χ0n) is 11.8. The molecule has 2 aliphatic carbocycles. The summed E-state index contributed by atoms with van der Waals surface area (Å²) in [5, 5.41) is 0.704. The van der Waals surface area contributed by atoms with Gasteiger partial charge in [0.15, 0.2) is 0 Å². The highest BCUT2D eigenvalue weighted by atomic mass is 35.5. The predicted molar refractivity (Wildman–Crippen MR) is 84.6 cm³/mol. The van der Waals surface area contributed by atoms with Crippen molar-refractivity contribution >= 4 is 17.4 Å². The first-order valence-electron chi connectivity index (χ1n) is 7.59. The summed E-state index contributed by atoms with van der Waals surface area (Å²) >= 11 is 6.18. The second-order valence-corrected chi connectivity index (χ2v) is 6.59. The van der Waals surface area contributed by atoms with Crippen molar-refractivity contribution in [3.63, 3.8) is 0 Å². The average Bonchev–Trinajstić information content (AvgIpc) is 3.24. The number of carbonyl (C=O) groups excluding carboxylic acids is 1. The Bertz CT molecular complexity index is 706. The summed E-state index contributed by atoms with van der Waals surface area (Å²) in [5.74, 6) is 1.60. The average molecular weight is 297 g/mol. The van der Waals surface area contributed by atoms with Gasteiger partial charge in [-0.05, 0) is 47.4 Å². The molecule has 0 radical (unpaired) electrons. The van der Waals surface area contributed by atoms with Crippen LogP contribution in [0.15, 0.2) is 48.5 Å². The Kier molecular flexibility index (Phi) is 3.11. The van der Waals surface area contributed by atoms with Gasteiger partial charge in [0.2, 0.25) is 0 Å². The summed E-state index contributed by atoms with van der Waals surface area (Å²) in [6, 6.07) is 16.3. The van der Waals surface area contributed by atoms with Gasteiger partial charge in [-0.15, -0.1) is 0 Å². The number of Topliss-reactive ketones (excluding diaryl/α,β-unsaturated/α-hetero) is 1. The molecule has 0 heterocycles. The first-order chi connectivity index (χ1) is 10.3. The van der Waals surface area contributed by atoms with Gasteiger partial charge >= 0.3 is 0 Å². The van der Waals surface area contributed by atoms with Crippen LogP contribution in [0.1, 0.15) is 29.0 Å². The van der Waals surface area contributed by atoms with E-state index in [2.05, 4.69) is 24.3 Å². The molecule has 0 aromatic heterocycles. The maximum absolute atomic E-state index is 12.6. The number of hydrogen-bond acceptors (Lipinski definition) is 1. The second kappa shape index (κ2) is 4.99. The van der Waals surface area contributed by atoms with Gasteiger partial charge in [-0.3, -0.25) is 4.79 Å². The molecule has 106 valence electrons. The van der Waals surface area contributed by atoms with E-state index in [1.165, 1.54) is 11.1 Å². The summed E-state index contributed by atoms with van der Waals surface area (Å²) in [6.07, 6.45) is 2.74. The summed E-state index contributed by atoms with van der Waals surface area (Å²) < 4.78 is 0. The number of benzene rings is 2. The highest BCUT2D eigenvalue weighted by Gasteiger charge is 2.56. The van der Waals surface area contributed by atoms with E-state index in [4.69, 9.17) is 11.6 Å². The van der Waals surface area contributed by atoms with Gasteiger partial charge in [0.05, 0.1) is 0 Å². The molecular weight excluding hydrogens is 280 g/mol. The minimum atomic E-state index is 0.213. The third-order valence-electron chi connectivity index (χ3n) is 5.02. The van der Waals surface area contributed by atoms with Crippen molar-refractivity contribution in [2.45, 2.75) is 25.2 Å². The fourth-order valence-electron chi connectivity index (χ4n) is 3.95. The number of fused-ring (bicyclic) bond motifs is 3. The quantitative estimate of drug-likeness (QED) is 0.819. The maximum atomic E-state index is 12.6. The lowest BCUT2D eigenvalue weighted by atomic mass is 9.92. The lowest BCUT2D eigenvalue weighted by molar-refractivity contribution is -0.120. The van der Waals surface area contributed by atoms with E-state index in [0.717, 1.165) is 18.4 Å². The van der Waals surface area contributed by atoms with Gasteiger partial charge in [0.1, 0.15) is 5.78 Å². The van der Waals surface area contributed by atoms with Crippen LogP contribution in [0.2, 0.25) is 5.02 Å². The van der Waals surface area contributed by atoms with Gasteiger partial charge in [-0.1, -0.05) is 54.1 Å². The summed E-state index contributed by atoms with van der Waals surface area (Å²) in [5.41, 5.74) is 3.80. The van der Waals surface area contributed by atoms with Crippen LogP contribution >= 0.6 is 11.6 Å². The molecule has 3 atom stereocenters. The Morgan fingerprint density at radius 2 is 1.86 bits per heavy atom. The minimum Gasteiger partial charge on any atom is -0.299 e. The van der Waals surface area contributed by atoms with Crippen LogP contribution in [0.25, 0.3) is 0 Å². The van der Waals surface area contributed by atoms with Crippen LogP contribution in [-0.4, -0.2) is 5.78 Å². The molecule has 1 fully saturated rings. The lowest BCUT2D eigenvalue weighted by Gasteiger charge is -2.13. The number of ketones is 1. The van der Waals surface area contributed by atoms with Crippen molar-refractivity contribution in [1.29, 1.82) is 0 Å². The number of carbonyl (C=O) groups is 1. The van der Waals surface area contributed by atoms with Crippen LogP contribution in [0.3, 0.4) is 0 Å². The molecule has 0 saturated heterocycles. The van der Waals surface area contributed by atoms with Crippen molar-refractivity contribution in [2.24, 2.45) is 11.8 Å². The van der Waals surface area contributed by atoms with Crippen LogP contribution in [-0.2, 0) is 17.6 Å². The summed E-state index contributed by atoms with van der Waals surface area (Å²) in [4.78, 5) is 12.6. The largest absolute Gasteiger partial charge is 0.299 e. The van der Waals surface area contributed by atoms with Crippen molar-refractivity contribution in [2.75, 3.05) is 0 Å². The first-order valence-corrected chi connectivity index (χ1v) is 7.97. The van der Waals surface area contributed by atoms with Crippen LogP contribution < -0.4 is 0 Å². The molecule has 4 rings (SSSR count). The van der Waals surface area contributed by atoms with E-state index in [0.29, 0.717) is 29.1 Å². The Balaban J connectivity index is 1.55. The Labute approximate surface area is 129 Å². The molecule has 2 heteroatoms. The lowest BCUT2D eigenvalue weighted by Crippen LogP contribution is -2.07. The van der Waals surface area contributed by atoms with Gasteiger partial charge < -0.3 is 0 Å². The molecule has 21 heavy (non-hydrogen) atoms. The molecule has 2 aromatic rings. The highest BCUT2D eigenvalue weighted by molar-refractivity contribution is 6.31. The van der Waals surface area contributed by atoms with E-state index < -0.39 is 0 Å². The third-order valence-corrected chi connectivity index (χ3v) is 5.39. The smallest absolute Gasteiger partial charge is 0.141 e. The fourth-order valence-corrected chi connectivity index (χ4v) is 4.16. The van der Waals surface area contributed by atoms with E-state index in [1.54, 1.807) is 0 Å². The molecule has 2 aromatic carbocycles. The topological polar surface area (TPSA) is 17.1 Å². The van der Waals surface area contributed by atoms with Gasteiger partial charge in [0.25, 0.3) is 0 Å². The van der Waals surface area contributed by atoms with Crippen LogP contribution in [0.4, 0.5) is 0 Å². The molecule has 2 aliphatic rings. The maximum Gasteiger partial charge on any atom is 0.141 e. The van der Waals surface area contributed by atoms with E-state index in [9.17, 15) is 4.79 Å².